The zero-order chi connectivity index (χ0) is 32.2. The van der Waals surface area contributed by atoms with Crippen molar-refractivity contribution in [1.82, 2.24) is 16.0 Å². The summed E-state index contributed by atoms with van der Waals surface area (Å²) < 4.78 is 16.5. The number of rotatable bonds is 20. The predicted octanol–water partition coefficient (Wildman–Crippen LogP) is 3.18. The summed E-state index contributed by atoms with van der Waals surface area (Å²) in [6, 6.07) is 16.2. The maximum absolute atomic E-state index is 13.2. The van der Waals surface area contributed by atoms with Crippen LogP contribution in [0.5, 0.6) is 0 Å². The van der Waals surface area contributed by atoms with E-state index in [-0.39, 0.29) is 52.3 Å². The lowest BCUT2D eigenvalue weighted by Crippen LogP contribution is -2.47. The number of amides is 3. The summed E-state index contributed by atoms with van der Waals surface area (Å²) in [5.41, 5.74) is 1.70. The highest BCUT2D eigenvalue weighted by molar-refractivity contribution is 5.86. The average molecular weight is 610 g/mol. The summed E-state index contributed by atoms with van der Waals surface area (Å²) in [6.45, 7) is 8.76. The molecule has 4 N–H and O–H groups in total. The first-order chi connectivity index (χ1) is 21.2. The monoisotopic (exact) mass is 609 g/mol. The Labute approximate surface area is 258 Å². The van der Waals surface area contributed by atoms with Gasteiger partial charge in [0.15, 0.2) is 0 Å². The molecule has 11 nitrogen and oxygen atoms in total. The second kappa shape index (κ2) is 20.4. The van der Waals surface area contributed by atoms with Gasteiger partial charge in [-0.25, -0.2) is 9.59 Å². The Balaban J connectivity index is 2.03. The van der Waals surface area contributed by atoms with Gasteiger partial charge in [-0.1, -0.05) is 72.8 Å². The topological polar surface area (TPSA) is 152 Å². The van der Waals surface area contributed by atoms with Crippen molar-refractivity contribution >= 4 is 23.9 Å². The molecule has 238 valence electrons. The quantitative estimate of drug-likeness (QED) is 0.132. The second-order valence-electron chi connectivity index (χ2n) is 10.2. The number of ether oxygens (including phenoxy) is 3. The van der Waals surface area contributed by atoms with E-state index >= 15 is 0 Å². The SMILES string of the molecule is C=CC[C@H](CC(=O)N[C@H](C)CO)C(=O)N[C@@H](COCc1ccccc1)COC(=O)[C@@H](CC=C)NC(=O)OCc1ccccc1. The molecule has 4 atom stereocenters. The van der Waals surface area contributed by atoms with E-state index in [1.807, 2.05) is 48.5 Å². The van der Waals surface area contributed by atoms with Crippen molar-refractivity contribution in [3.8, 4) is 0 Å². The van der Waals surface area contributed by atoms with Crippen molar-refractivity contribution < 1.29 is 38.5 Å². The minimum Gasteiger partial charge on any atom is -0.462 e. The van der Waals surface area contributed by atoms with Gasteiger partial charge in [0, 0.05) is 12.5 Å². The largest absolute Gasteiger partial charge is 0.462 e. The van der Waals surface area contributed by atoms with Crippen LogP contribution in [0.4, 0.5) is 4.79 Å². The predicted molar refractivity (Wildman–Crippen MR) is 165 cm³/mol. The van der Waals surface area contributed by atoms with Gasteiger partial charge in [0.05, 0.1) is 31.8 Å². The molecule has 0 spiro atoms. The molecule has 44 heavy (non-hydrogen) atoms. The molecule has 0 saturated heterocycles. The zero-order valence-corrected chi connectivity index (χ0v) is 25.1. The number of nitrogens with one attached hydrogen (secondary N) is 3. The first kappa shape index (κ1) is 35.7. The lowest BCUT2D eigenvalue weighted by Gasteiger charge is -2.24. The molecule has 0 aliphatic heterocycles. The van der Waals surface area contributed by atoms with Gasteiger partial charge in [-0.05, 0) is 30.9 Å². The third-order valence-electron chi connectivity index (χ3n) is 6.33. The summed E-state index contributed by atoms with van der Waals surface area (Å²) in [7, 11) is 0. The minimum absolute atomic E-state index is 0.00113. The second-order valence-corrected chi connectivity index (χ2v) is 10.2. The molecule has 2 aromatic carbocycles. The van der Waals surface area contributed by atoms with Crippen molar-refractivity contribution in [2.75, 3.05) is 19.8 Å². The van der Waals surface area contributed by atoms with Gasteiger partial charge in [-0.15, -0.1) is 13.2 Å². The van der Waals surface area contributed by atoms with Crippen LogP contribution in [0, 0.1) is 5.92 Å². The van der Waals surface area contributed by atoms with Gasteiger partial charge in [-0.3, -0.25) is 9.59 Å². The van der Waals surface area contributed by atoms with Gasteiger partial charge in [-0.2, -0.15) is 0 Å². The summed E-state index contributed by atoms with van der Waals surface area (Å²) >= 11 is 0. The van der Waals surface area contributed by atoms with Crippen LogP contribution in [-0.2, 0) is 41.8 Å². The Kier molecular flexibility index (Phi) is 16.6. The molecule has 2 aromatic rings. The summed E-state index contributed by atoms with van der Waals surface area (Å²) in [5.74, 6) is -2.34. The van der Waals surface area contributed by atoms with Crippen LogP contribution in [0.25, 0.3) is 0 Å². The average Bonchev–Trinajstić information content (AvgIpc) is 3.02. The molecule has 0 radical (unpaired) electrons. The Hall–Kier alpha value is -4.48. The van der Waals surface area contributed by atoms with Crippen molar-refractivity contribution in [1.29, 1.82) is 0 Å². The Bertz CT molecular complexity index is 1190. The smallest absolute Gasteiger partial charge is 0.408 e. The van der Waals surface area contributed by atoms with Crippen LogP contribution < -0.4 is 16.0 Å². The van der Waals surface area contributed by atoms with Crippen LogP contribution in [0.15, 0.2) is 86.0 Å². The lowest BCUT2D eigenvalue weighted by atomic mass is 9.99. The maximum Gasteiger partial charge on any atom is 0.408 e. The number of aliphatic hydroxyl groups is 1. The molecule has 0 aliphatic carbocycles. The fourth-order valence-electron chi connectivity index (χ4n) is 4.00. The summed E-state index contributed by atoms with van der Waals surface area (Å²) in [4.78, 5) is 50.9. The van der Waals surface area contributed by atoms with E-state index in [0.717, 1.165) is 11.1 Å². The number of benzene rings is 2. The molecule has 0 saturated carbocycles. The van der Waals surface area contributed by atoms with Gasteiger partial charge < -0.3 is 35.3 Å². The Morgan fingerprint density at radius 2 is 1.43 bits per heavy atom. The number of allylic oxidation sites excluding steroid dienone is 1. The molecule has 0 bridgehead atoms. The highest BCUT2D eigenvalue weighted by Gasteiger charge is 2.27. The molecule has 0 heterocycles. The van der Waals surface area contributed by atoms with Crippen molar-refractivity contribution in [3.05, 3.63) is 97.1 Å². The summed E-state index contributed by atoms with van der Waals surface area (Å²) in [6.07, 6.45) is 2.39. The van der Waals surface area contributed by atoms with E-state index in [0.29, 0.717) is 0 Å². The molecule has 0 fully saturated rings. The fourth-order valence-corrected chi connectivity index (χ4v) is 4.00. The Morgan fingerprint density at radius 1 is 0.818 bits per heavy atom. The van der Waals surface area contributed by atoms with Crippen LogP contribution in [-0.4, -0.2) is 66.9 Å². The van der Waals surface area contributed by atoms with Gasteiger partial charge in [0.25, 0.3) is 0 Å². The van der Waals surface area contributed by atoms with E-state index in [4.69, 9.17) is 14.2 Å². The third kappa shape index (κ3) is 14.1. The van der Waals surface area contributed by atoms with E-state index < -0.39 is 47.9 Å². The standard InChI is InChI=1S/C33H43N3O8/c1-4-12-27(18-30(38)34-24(3)19-37)31(39)35-28(22-42-20-25-14-8-6-9-15-25)23-43-32(40)29(13-5-2)36-33(41)44-21-26-16-10-7-11-17-26/h4-11,14-17,24,27-29,37H,1-2,12-13,18-23H2,3H3,(H,34,38)(H,35,39)(H,36,41)/t24-,27-,28+,29-/m1/s1. The number of aliphatic hydroxyl groups excluding tert-OH is 1. The fraction of sp³-hybridized carbons (Fsp3) is 0.394. The first-order valence-corrected chi connectivity index (χ1v) is 14.4. The molecule has 0 aliphatic rings. The van der Waals surface area contributed by atoms with Crippen LogP contribution >= 0.6 is 0 Å². The lowest BCUT2D eigenvalue weighted by molar-refractivity contribution is -0.148. The van der Waals surface area contributed by atoms with Gasteiger partial charge >= 0.3 is 12.1 Å². The number of alkyl carbamates (subject to hydrolysis) is 1. The van der Waals surface area contributed by atoms with Crippen molar-refractivity contribution in [3.63, 3.8) is 0 Å². The number of hydrogen-bond donors (Lipinski definition) is 4. The van der Waals surface area contributed by atoms with Crippen LogP contribution in [0.1, 0.15) is 37.3 Å². The normalized spacial score (nSPS) is 13.3. The molecule has 11 heteroatoms. The van der Waals surface area contributed by atoms with Crippen molar-refractivity contribution in [2.24, 2.45) is 5.92 Å². The zero-order valence-electron chi connectivity index (χ0n) is 25.1. The van der Waals surface area contributed by atoms with E-state index in [9.17, 15) is 24.3 Å². The third-order valence-corrected chi connectivity index (χ3v) is 6.33. The maximum atomic E-state index is 13.2. The number of hydrogen-bond acceptors (Lipinski definition) is 8. The van der Waals surface area contributed by atoms with E-state index in [1.54, 1.807) is 19.1 Å². The molecular weight excluding hydrogens is 566 g/mol. The number of carbonyl (C=O) groups is 4. The Morgan fingerprint density at radius 3 is 2.02 bits per heavy atom. The minimum atomic E-state index is -1.07. The molecule has 0 unspecified atom stereocenters. The molecule has 3 amide bonds. The number of esters is 1. The van der Waals surface area contributed by atoms with E-state index in [2.05, 4.69) is 29.1 Å². The van der Waals surface area contributed by atoms with Crippen LogP contribution in [0.3, 0.4) is 0 Å². The highest BCUT2D eigenvalue weighted by atomic mass is 16.6. The van der Waals surface area contributed by atoms with Gasteiger partial charge in [0.2, 0.25) is 11.8 Å². The van der Waals surface area contributed by atoms with Gasteiger partial charge in [0.1, 0.15) is 19.3 Å². The first-order valence-electron chi connectivity index (χ1n) is 14.4. The van der Waals surface area contributed by atoms with E-state index in [1.165, 1.54) is 12.2 Å². The van der Waals surface area contributed by atoms with Crippen molar-refractivity contribution in [2.45, 2.75) is 57.5 Å². The van der Waals surface area contributed by atoms with Crippen LogP contribution in [0.2, 0.25) is 0 Å². The highest BCUT2D eigenvalue weighted by Crippen LogP contribution is 2.12. The molecule has 0 aromatic heterocycles. The molecule has 2 rings (SSSR count). The molecular formula is C33H43N3O8. The summed E-state index contributed by atoms with van der Waals surface area (Å²) in [5, 5.41) is 17.2. The number of carbonyl (C=O) groups excluding carboxylic acids is 4.